The Morgan fingerprint density at radius 2 is 2.29 bits per heavy atom. The first-order valence-electron chi connectivity index (χ1n) is 5.15. The number of hydrogen-bond donors (Lipinski definition) is 1. The molecule has 0 spiro atoms. The van der Waals surface area contributed by atoms with Gasteiger partial charge in [0, 0.05) is 24.5 Å². The van der Waals surface area contributed by atoms with Crippen molar-refractivity contribution in [1.82, 2.24) is 9.88 Å². The molecule has 1 heterocycles. The zero-order valence-corrected chi connectivity index (χ0v) is 8.66. The Hall–Kier alpha value is -1.25. The number of rotatable bonds is 3. The molecule has 1 amide bonds. The van der Waals surface area contributed by atoms with E-state index < -0.39 is 0 Å². The molecular weight excluding hydrogens is 176 g/mol. The highest BCUT2D eigenvalue weighted by molar-refractivity contribution is 5.94. The van der Waals surface area contributed by atoms with Crippen LogP contribution in [0.25, 0.3) is 0 Å². The molecule has 0 aliphatic heterocycles. The minimum absolute atomic E-state index is 0.0619. The van der Waals surface area contributed by atoms with Crippen molar-refractivity contribution < 1.29 is 4.79 Å². The molecule has 1 fully saturated rings. The van der Waals surface area contributed by atoms with Gasteiger partial charge in [-0.3, -0.25) is 4.79 Å². The van der Waals surface area contributed by atoms with Crippen LogP contribution in [0.4, 0.5) is 0 Å². The van der Waals surface area contributed by atoms with Crippen LogP contribution >= 0.6 is 0 Å². The first-order valence-corrected chi connectivity index (χ1v) is 5.15. The van der Waals surface area contributed by atoms with E-state index >= 15 is 0 Å². The molecule has 0 unspecified atom stereocenters. The summed E-state index contributed by atoms with van der Waals surface area (Å²) in [6.45, 7) is 4.20. The van der Waals surface area contributed by atoms with E-state index in [-0.39, 0.29) is 5.91 Å². The van der Waals surface area contributed by atoms with Gasteiger partial charge in [-0.1, -0.05) is 0 Å². The molecule has 1 saturated carbocycles. The van der Waals surface area contributed by atoms with Gasteiger partial charge in [-0.05, 0) is 32.8 Å². The maximum Gasteiger partial charge on any atom is 0.253 e. The predicted molar refractivity (Wildman–Crippen MR) is 55.3 cm³/mol. The summed E-state index contributed by atoms with van der Waals surface area (Å²) < 4.78 is 2.04. The normalized spacial score (nSPS) is 15.9. The topological polar surface area (TPSA) is 34.0 Å². The largest absolute Gasteiger partial charge is 0.351 e. The van der Waals surface area contributed by atoms with Crippen LogP contribution in [-0.4, -0.2) is 16.5 Å². The van der Waals surface area contributed by atoms with Crippen molar-refractivity contribution in [3.8, 4) is 0 Å². The van der Waals surface area contributed by atoms with E-state index in [9.17, 15) is 4.79 Å². The third-order valence-electron chi connectivity index (χ3n) is 2.49. The molecule has 0 saturated heterocycles. The van der Waals surface area contributed by atoms with E-state index in [4.69, 9.17) is 0 Å². The molecule has 1 aliphatic rings. The van der Waals surface area contributed by atoms with E-state index in [1.165, 1.54) is 0 Å². The van der Waals surface area contributed by atoms with Crippen molar-refractivity contribution in [1.29, 1.82) is 0 Å². The maximum absolute atomic E-state index is 11.6. The van der Waals surface area contributed by atoms with Gasteiger partial charge in [0.1, 0.15) is 0 Å². The zero-order chi connectivity index (χ0) is 10.1. The van der Waals surface area contributed by atoms with Gasteiger partial charge in [-0.15, -0.1) is 0 Å². The Morgan fingerprint density at radius 1 is 1.57 bits per heavy atom. The van der Waals surface area contributed by atoms with Gasteiger partial charge < -0.3 is 9.88 Å². The van der Waals surface area contributed by atoms with Crippen molar-refractivity contribution in [2.45, 2.75) is 38.8 Å². The standard InChI is InChI=1S/C11H16N2O/c1-8(2)13-6-5-9(7-13)11(14)12-10-3-4-10/h5-8,10H,3-4H2,1-2H3,(H,12,14). The predicted octanol–water partition coefficient (Wildman–Crippen LogP) is 1.96. The molecule has 3 heteroatoms. The fourth-order valence-electron chi connectivity index (χ4n) is 1.36. The van der Waals surface area contributed by atoms with Crippen LogP contribution in [0.5, 0.6) is 0 Å². The molecule has 3 nitrogen and oxygen atoms in total. The zero-order valence-electron chi connectivity index (χ0n) is 8.66. The minimum Gasteiger partial charge on any atom is -0.351 e. The van der Waals surface area contributed by atoms with Crippen LogP contribution < -0.4 is 5.32 Å². The van der Waals surface area contributed by atoms with Crippen LogP contribution in [0.3, 0.4) is 0 Å². The monoisotopic (exact) mass is 192 g/mol. The number of carbonyl (C=O) groups is 1. The van der Waals surface area contributed by atoms with Gasteiger partial charge in [0.05, 0.1) is 5.56 Å². The van der Waals surface area contributed by atoms with Crippen molar-refractivity contribution >= 4 is 5.91 Å². The number of aromatic nitrogens is 1. The smallest absolute Gasteiger partial charge is 0.253 e. The van der Waals surface area contributed by atoms with Crippen LogP contribution in [0.2, 0.25) is 0 Å². The summed E-state index contributed by atoms with van der Waals surface area (Å²) in [5, 5.41) is 2.97. The lowest BCUT2D eigenvalue weighted by Crippen LogP contribution is -2.24. The third kappa shape index (κ3) is 1.97. The van der Waals surface area contributed by atoms with Crippen molar-refractivity contribution in [2.24, 2.45) is 0 Å². The van der Waals surface area contributed by atoms with E-state index in [2.05, 4.69) is 19.2 Å². The Bertz CT molecular complexity index is 337. The van der Waals surface area contributed by atoms with Crippen LogP contribution in [0, 0.1) is 0 Å². The first-order chi connectivity index (χ1) is 6.66. The summed E-state index contributed by atoms with van der Waals surface area (Å²) >= 11 is 0. The second-order valence-electron chi connectivity index (χ2n) is 4.19. The minimum atomic E-state index is 0.0619. The van der Waals surface area contributed by atoms with Gasteiger partial charge in [-0.2, -0.15) is 0 Å². The lowest BCUT2D eigenvalue weighted by molar-refractivity contribution is 0.0951. The van der Waals surface area contributed by atoms with E-state index in [1.807, 2.05) is 23.0 Å². The highest BCUT2D eigenvalue weighted by Crippen LogP contribution is 2.19. The second kappa shape index (κ2) is 3.48. The average molecular weight is 192 g/mol. The van der Waals surface area contributed by atoms with Gasteiger partial charge in [0.15, 0.2) is 0 Å². The Kier molecular flexibility index (Phi) is 2.32. The maximum atomic E-state index is 11.6. The first kappa shape index (κ1) is 9.31. The molecule has 0 radical (unpaired) electrons. The molecule has 1 aromatic rings. The molecule has 0 aromatic carbocycles. The van der Waals surface area contributed by atoms with Crippen LogP contribution in [0.15, 0.2) is 18.5 Å². The molecular formula is C11H16N2O. The van der Waals surface area contributed by atoms with Gasteiger partial charge in [0.2, 0.25) is 0 Å². The van der Waals surface area contributed by atoms with E-state index in [0.29, 0.717) is 12.1 Å². The molecule has 1 aromatic heterocycles. The summed E-state index contributed by atoms with van der Waals surface area (Å²) in [6.07, 6.45) is 6.13. The highest BCUT2D eigenvalue weighted by atomic mass is 16.1. The van der Waals surface area contributed by atoms with Gasteiger partial charge in [-0.25, -0.2) is 0 Å². The third-order valence-corrected chi connectivity index (χ3v) is 2.49. The highest BCUT2D eigenvalue weighted by Gasteiger charge is 2.24. The summed E-state index contributed by atoms with van der Waals surface area (Å²) in [7, 11) is 0. The fourth-order valence-corrected chi connectivity index (χ4v) is 1.36. The Morgan fingerprint density at radius 3 is 2.79 bits per heavy atom. The number of nitrogens with zero attached hydrogens (tertiary/aromatic N) is 1. The van der Waals surface area contributed by atoms with Crippen LogP contribution in [-0.2, 0) is 0 Å². The number of nitrogens with one attached hydrogen (secondary N) is 1. The summed E-state index contributed by atoms with van der Waals surface area (Å²) in [5.41, 5.74) is 0.769. The van der Waals surface area contributed by atoms with E-state index in [0.717, 1.165) is 18.4 Å². The molecule has 14 heavy (non-hydrogen) atoms. The summed E-state index contributed by atoms with van der Waals surface area (Å²) in [4.78, 5) is 11.6. The molecule has 1 N–H and O–H groups in total. The molecule has 76 valence electrons. The number of carbonyl (C=O) groups excluding carboxylic acids is 1. The molecule has 0 atom stereocenters. The van der Waals surface area contributed by atoms with E-state index in [1.54, 1.807) is 0 Å². The molecule has 1 aliphatic carbocycles. The SMILES string of the molecule is CC(C)n1ccc(C(=O)NC2CC2)c1. The molecule has 0 bridgehead atoms. The average Bonchev–Trinajstić information content (AvgIpc) is 2.81. The van der Waals surface area contributed by atoms with Gasteiger partial charge >= 0.3 is 0 Å². The second-order valence-corrected chi connectivity index (χ2v) is 4.19. The lowest BCUT2D eigenvalue weighted by Gasteiger charge is -2.05. The van der Waals surface area contributed by atoms with Crippen molar-refractivity contribution in [3.05, 3.63) is 24.0 Å². The Labute approximate surface area is 84.1 Å². The lowest BCUT2D eigenvalue weighted by atomic mass is 10.3. The van der Waals surface area contributed by atoms with Crippen molar-refractivity contribution in [2.75, 3.05) is 0 Å². The summed E-state index contributed by atoms with van der Waals surface area (Å²) in [5.74, 6) is 0.0619. The van der Waals surface area contributed by atoms with Crippen molar-refractivity contribution in [3.63, 3.8) is 0 Å². The van der Waals surface area contributed by atoms with Gasteiger partial charge in [0.25, 0.3) is 5.91 Å². The molecule has 2 rings (SSSR count). The fraction of sp³-hybridized carbons (Fsp3) is 0.545. The number of amides is 1. The van der Waals surface area contributed by atoms with Crippen LogP contribution in [0.1, 0.15) is 43.1 Å². The quantitative estimate of drug-likeness (QED) is 0.780. The number of hydrogen-bond acceptors (Lipinski definition) is 1. The Balaban J connectivity index is 2.03. The summed E-state index contributed by atoms with van der Waals surface area (Å²) in [6, 6.07) is 2.72.